The van der Waals surface area contributed by atoms with Crippen LogP contribution in [0.1, 0.15) is 19.4 Å². The molecule has 1 N–H and O–H groups in total. The van der Waals surface area contributed by atoms with Crippen molar-refractivity contribution in [3.8, 4) is 11.5 Å². The summed E-state index contributed by atoms with van der Waals surface area (Å²) in [6.45, 7) is 5.56. The zero-order chi connectivity index (χ0) is 24.2. The molecule has 2 aromatic rings. The molecule has 9 nitrogen and oxygen atoms in total. The summed E-state index contributed by atoms with van der Waals surface area (Å²) in [6.07, 6.45) is -0.946. The second-order valence-electron chi connectivity index (χ2n) is 8.06. The highest BCUT2D eigenvalue weighted by Gasteiger charge is 2.34. The molecule has 1 aliphatic rings. The number of hydrogen-bond donors (Lipinski definition) is 1. The van der Waals surface area contributed by atoms with E-state index in [9.17, 15) is 18.0 Å². The normalized spacial score (nSPS) is 15.5. The summed E-state index contributed by atoms with van der Waals surface area (Å²) < 4.78 is 43.5. The minimum atomic E-state index is -3.63. The Labute approximate surface area is 193 Å². The quantitative estimate of drug-likeness (QED) is 0.582. The van der Waals surface area contributed by atoms with Crippen LogP contribution in [0.4, 0.5) is 5.69 Å². The van der Waals surface area contributed by atoms with Gasteiger partial charge in [-0.3, -0.25) is 4.79 Å². The molecule has 0 bridgehead atoms. The minimum Gasteiger partial charge on any atom is -0.483 e. The molecule has 33 heavy (non-hydrogen) atoms. The van der Waals surface area contributed by atoms with Gasteiger partial charge < -0.3 is 19.1 Å². The number of carbonyl (C=O) groups excluding carboxylic acids is 2. The number of hydrogen-bond acceptors (Lipinski definition) is 7. The van der Waals surface area contributed by atoms with E-state index in [4.69, 9.17) is 14.2 Å². The zero-order valence-corrected chi connectivity index (χ0v) is 19.8. The molecule has 1 aliphatic heterocycles. The molecule has 0 radical (unpaired) electrons. The van der Waals surface area contributed by atoms with Crippen LogP contribution in [-0.4, -0.2) is 53.2 Å². The lowest BCUT2D eigenvalue weighted by molar-refractivity contribution is -0.148. The van der Waals surface area contributed by atoms with Gasteiger partial charge in [-0.05, 0) is 48.7 Å². The number of amides is 1. The summed E-state index contributed by atoms with van der Waals surface area (Å²) in [6, 6.07) is 11.4. The fraction of sp³-hybridized carbons (Fsp3) is 0.391. The van der Waals surface area contributed by atoms with E-state index in [0.29, 0.717) is 29.3 Å². The predicted molar refractivity (Wildman–Crippen MR) is 122 cm³/mol. The van der Waals surface area contributed by atoms with Crippen molar-refractivity contribution < 1.29 is 32.2 Å². The molecule has 10 heteroatoms. The Morgan fingerprint density at radius 3 is 2.61 bits per heavy atom. The Morgan fingerprint density at radius 2 is 1.94 bits per heavy atom. The van der Waals surface area contributed by atoms with Gasteiger partial charge in [-0.1, -0.05) is 26.0 Å². The summed E-state index contributed by atoms with van der Waals surface area (Å²) in [5, 5.41) is 0. The monoisotopic (exact) mass is 476 g/mol. The number of nitrogens with one attached hydrogen (secondary N) is 1. The predicted octanol–water partition coefficient (Wildman–Crippen LogP) is 2.28. The van der Waals surface area contributed by atoms with Gasteiger partial charge in [0, 0.05) is 6.54 Å². The fourth-order valence-corrected chi connectivity index (χ4v) is 4.55. The van der Waals surface area contributed by atoms with Gasteiger partial charge in [0.2, 0.25) is 16.1 Å². The summed E-state index contributed by atoms with van der Waals surface area (Å²) in [5.74, 6) is -0.000704. The van der Waals surface area contributed by atoms with E-state index in [1.165, 1.54) is 30.2 Å². The molecule has 1 amide bonds. The maximum Gasteiger partial charge on any atom is 0.348 e. The van der Waals surface area contributed by atoms with Crippen LogP contribution in [0.25, 0.3) is 0 Å². The van der Waals surface area contributed by atoms with Gasteiger partial charge in [0.1, 0.15) is 11.5 Å². The van der Waals surface area contributed by atoms with Crippen LogP contribution >= 0.6 is 0 Å². The maximum absolute atomic E-state index is 13.0. The number of sulfonamides is 1. The average molecular weight is 477 g/mol. The van der Waals surface area contributed by atoms with E-state index < -0.39 is 22.1 Å². The Kier molecular flexibility index (Phi) is 7.60. The van der Waals surface area contributed by atoms with E-state index in [1.807, 2.05) is 13.8 Å². The summed E-state index contributed by atoms with van der Waals surface area (Å²) in [7, 11) is -2.38. The molecule has 1 heterocycles. The van der Waals surface area contributed by atoms with Crippen LogP contribution in [-0.2, 0) is 24.3 Å². The average Bonchev–Trinajstić information content (AvgIpc) is 2.80. The number of fused-ring (bicyclic) bond motifs is 1. The molecule has 1 atom stereocenters. The summed E-state index contributed by atoms with van der Waals surface area (Å²) in [4.78, 5) is 26.5. The lowest BCUT2D eigenvalue weighted by Crippen LogP contribution is -2.48. The molecular formula is C23H28N2O7S. The Morgan fingerprint density at radius 1 is 1.21 bits per heavy atom. The molecule has 0 aromatic heterocycles. The molecule has 0 spiro atoms. The first-order valence-corrected chi connectivity index (χ1v) is 12.0. The van der Waals surface area contributed by atoms with Crippen LogP contribution in [0.5, 0.6) is 11.5 Å². The van der Waals surface area contributed by atoms with E-state index in [1.54, 1.807) is 31.2 Å². The highest BCUT2D eigenvalue weighted by atomic mass is 32.2. The number of rotatable bonds is 8. The molecule has 0 aliphatic carbocycles. The lowest BCUT2D eigenvalue weighted by atomic mass is 10.2. The number of esters is 1. The number of para-hydroxylation sites is 2. The number of aryl methyl sites for hydroxylation is 1. The largest absolute Gasteiger partial charge is 0.483 e. The van der Waals surface area contributed by atoms with Gasteiger partial charge in [-0.15, -0.1) is 0 Å². The van der Waals surface area contributed by atoms with E-state index in [0.717, 1.165) is 0 Å². The number of carbonyl (C=O) groups is 2. The summed E-state index contributed by atoms with van der Waals surface area (Å²) in [5.41, 5.74) is 1.10. The lowest BCUT2D eigenvalue weighted by Gasteiger charge is -2.33. The molecule has 0 unspecified atom stereocenters. The first-order valence-electron chi connectivity index (χ1n) is 10.5. The van der Waals surface area contributed by atoms with Crippen LogP contribution in [0.3, 0.4) is 0 Å². The number of nitrogens with zero attached hydrogens (tertiary/aromatic N) is 1. The van der Waals surface area contributed by atoms with Crippen molar-refractivity contribution in [2.45, 2.75) is 31.8 Å². The Balaban J connectivity index is 1.72. The molecule has 3 rings (SSSR count). The van der Waals surface area contributed by atoms with Crippen molar-refractivity contribution in [2.24, 2.45) is 5.92 Å². The van der Waals surface area contributed by atoms with Crippen LogP contribution < -0.4 is 19.1 Å². The van der Waals surface area contributed by atoms with Crippen molar-refractivity contribution >= 4 is 27.6 Å². The van der Waals surface area contributed by atoms with Crippen molar-refractivity contribution in [2.75, 3.05) is 31.7 Å². The number of anilines is 1. The number of benzene rings is 2. The van der Waals surface area contributed by atoms with Gasteiger partial charge in [-0.25, -0.2) is 17.9 Å². The van der Waals surface area contributed by atoms with Crippen molar-refractivity contribution in [3.05, 3.63) is 48.0 Å². The second kappa shape index (κ2) is 10.2. The van der Waals surface area contributed by atoms with Crippen molar-refractivity contribution in [3.63, 3.8) is 0 Å². The molecule has 2 aromatic carbocycles. The van der Waals surface area contributed by atoms with Crippen LogP contribution in [0.15, 0.2) is 47.4 Å². The first kappa shape index (κ1) is 24.5. The van der Waals surface area contributed by atoms with Crippen LogP contribution in [0.2, 0.25) is 0 Å². The van der Waals surface area contributed by atoms with Crippen LogP contribution in [0, 0.1) is 12.8 Å². The van der Waals surface area contributed by atoms with E-state index in [-0.39, 0.29) is 29.9 Å². The highest BCUT2D eigenvalue weighted by Crippen LogP contribution is 2.33. The first-order chi connectivity index (χ1) is 15.6. The Bertz CT molecular complexity index is 1130. The number of methoxy groups -OCH3 is 1. The number of ether oxygens (including phenoxy) is 3. The molecule has 0 saturated carbocycles. The van der Waals surface area contributed by atoms with E-state index >= 15 is 0 Å². The van der Waals surface area contributed by atoms with Gasteiger partial charge in [0.05, 0.1) is 24.2 Å². The third-order valence-electron chi connectivity index (χ3n) is 5.03. The highest BCUT2D eigenvalue weighted by molar-refractivity contribution is 7.89. The second-order valence-corrected chi connectivity index (χ2v) is 9.83. The molecular weight excluding hydrogens is 448 g/mol. The van der Waals surface area contributed by atoms with Gasteiger partial charge in [-0.2, -0.15) is 0 Å². The van der Waals surface area contributed by atoms with Gasteiger partial charge in [0.25, 0.3) is 5.91 Å². The SMILES string of the molecule is COC(=O)[C@@H]1CN(C(=O)COc2ccc(S(=O)(=O)NCC(C)C)cc2C)c2ccccc2O1. The topological polar surface area (TPSA) is 111 Å². The van der Waals surface area contributed by atoms with Gasteiger partial charge >= 0.3 is 5.97 Å². The smallest absolute Gasteiger partial charge is 0.348 e. The molecule has 0 fully saturated rings. The Hall–Kier alpha value is -3.11. The fourth-order valence-electron chi connectivity index (χ4n) is 3.25. The molecule has 178 valence electrons. The minimum absolute atomic E-state index is 0.0104. The third-order valence-corrected chi connectivity index (χ3v) is 6.45. The van der Waals surface area contributed by atoms with Gasteiger partial charge in [0.15, 0.2) is 6.61 Å². The van der Waals surface area contributed by atoms with Crippen molar-refractivity contribution in [1.29, 1.82) is 0 Å². The molecule has 0 saturated heterocycles. The standard InChI is InChI=1S/C23H28N2O7S/c1-15(2)12-24-33(28,29)17-9-10-19(16(3)11-17)31-14-22(26)25-13-21(23(27)30-4)32-20-8-6-5-7-18(20)25/h5-11,15,21,24H,12-14H2,1-4H3/t21-/m0/s1. The maximum atomic E-state index is 13.0. The van der Waals surface area contributed by atoms with E-state index in [2.05, 4.69) is 4.72 Å². The third kappa shape index (κ3) is 5.82. The zero-order valence-electron chi connectivity index (χ0n) is 19.0. The summed E-state index contributed by atoms with van der Waals surface area (Å²) >= 11 is 0. The van der Waals surface area contributed by atoms with Crippen molar-refractivity contribution in [1.82, 2.24) is 4.72 Å².